The molecule has 1 fully saturated rings. The van der Waals surface area contributed by atoms with Crippen molar-refractivity contribution in [2.24, 2.45) is 0 Å². The van der Waals surface area contributed by atoms with Crippen LogP contribution in [0.15, 0.2) is 54.6 Å². The first-order valence-corrected chi connectivity index (χ1v) is 8.63. The Balaban J connectivity index is 1.63. The highest BCUT2D eigenvalue weighted by Crippen LogP contribution is 2.32. The normalized spacial score (nSPS) is 14.9. The molecule has 2 aromatic rings. The van der Waals surface area contributed by atoms with E-state index < -0.39 is 17.6 Å². The molecule has 3 rings (SSSR count). The SMILES string of the molecule is O=C(Cc1ccccc1)N1CCN(C(=O)c2ccccc2C(F)(F)F)CC1. The molecule has 142 valence electrons. The van der Waals surface area contributed by atoms with Crippen molar-refractivity contribution in [2.75, 3.05) is 26.2 Å². The van der Waals surface area contributed by atoms with Crippen LogP contribution in [0, 0.1) is 0 Å². The summed E-state index contributed by atoms with van der Waals surface area (Å²) in [7, 11) is 0. The van der Waals surface area contributed by atoms with Gasteiger partial charge in [0.1, 0.15) is 0 Å². The highest BCUT2D eigenvalue weighted by molar-refractivity contribution is 5.96. The molecular weight excluding hydrogens is 357 g/mol. The van der Waals surface area contributed by atoms with Gasteiger partial charge in [0.25, 0.3) is 5.91 Å². The third-order valence-electron chi connectivity index (χ3n) is 4.58. The number of amides is 2. The lowest BCUT2D eigenvalue weighted by Crippen LogP contribution is -2.51. The van der Waals surface area contributed by atoms with Crippen molar-refractivity contribution in [2.45, 2.75) is 12.6 Å². The first kappa shape index (κ1) is 18.9. The minimum Gasteiger partial charge on any atom is -0.339 e. The van der Waals surface area contributed by atoms with Gasteiger partial charge in [-0.25, -0.2) is 0 Å². The number of benzene rings is 2. The highest BCUT2D eigenvalue weighted by atomic mass is 19.4. The molecule has 0 atom stereocenters. The van der Waals surface area contributed by atoms with Crippen LogP contribution in [0.3, 0.4) is 0 Å². The second-order valence-corrected chi connectivity index (χ2v) is 6.38. The van der Waals surface area contributed by atoms with Gasteiger partial charge in [0.05, 0.1) is 17.5 Å². The number of hydrogen-bond donors (Lipinski definition) is 0. The molecule has 0 N–H and O–H groups in total. The summed E-state index contributed by atoms with van der Waals surface area (Å²) in [5.74, 6) is -0.706. The number of carbonyl (C=O) groups excluding carboxylic acids is 2. The van der Waals surface area contributed by atoms with Crippen LogP contribution in [-0.4, -0.2) is 47.8 Å². The van der Waals surface area contributed by atoms with Gasteiger partial charge in [-0.1, -0.05) is 42.5 Å². The molecule has 0 spiro atoms. The molecule has 2 aromatic carbocycles. The summed E-state index contributed by atoms with van der Waals surface area (Å²) in [6.07, 6.45) is -4.31. The number of nitrogens with zero attached hydrogens (tertiary/aromatic N) is 2. The quantitative estimate of drug-likeness (QED) is 0.825. The summed E-state index contributed by atoms with van der Waals surface area (Å²) < 4.78 is 39.4. The molecule has 0 aromatic heterocycles. The lowest BCUT2D eigenvalue weighted by molar-refractivity contribution is -0.138. The van der Waals surface area contributed by atoms with Gasteiger partial charge in [-0.15, -0.1) is 0 Å². The van der Waals surface area contributed by atoms with Gasteiger partial charge in [-0.2, -0.15) is 13.2 Å². The Morgan fingerprint density at radius 1 is 0.815 bits per heavy atom. The molecular formula is C20H19F3N2O2. The lowest BCUT2D eigenvalue weighted by atomic mass is 10.1. The van der Waals surface area contributed by atoms with Crippen molar-refractivity contribution >= 4 is 11.8 Å². The van der Waals surface area contributed by atoms with Crippen LogP contribution in [0.1, 0.15) is 21.5 Å². The van der Waals surface area contributed by atoms with E-state index in [9.17, 15) is 22.8 Å². The fraction of sp³-hybridized carbons (Fsp3) is 0.300. The Kier molecular flexibility index (Phi) is 5.48. The average Bonchev–Trinajstić information content (AvgIpc) is 2.67. The molecule has 1 saturated heterocycles. The number of halogens is 3. The van der Waals surface area contributed by atoms with Gasteiger partial charge < -0.3 is 9.80 Å². The number of rotatable bonds is 3. The minimum absolute atomic E-state index is 0.0519. The monoisotopic (exact) mass is 376 g/mol. The van der Waals surface area contributed by atoms with Gasteiger partial charge in [0.15, 0.2) is 0 Å². The zero-order valence-corrected chi connectivity index (χ0v) is 14.6. The summed E-state index contributed by atoms with van der Waals surface area (Å²) in [5, 5.41) is 0. The number of carbonyl (C=O) groups is 2. The van der Waals surface area contributed by atoms with E-state index in [1.807, 2.05) is 30.3 Å². The van der Waals surface area contributed by atoms with E-state index in [0.29, 0.717) is 13.1 Å². The molecule has 0 unspecified atom stereocenters. The number of piperazine rings is 1. The molecule has 1 heterocycles. The van der Waals surface area contributed by atoms with Crippen molar-refractivity contribution in [3.05, 3.63) is 71.3 Å². The second kappa shape index (κ2) is 7.82. The first-order chi connectivity index (χ1) is 12.9. The summed E-state index contributed by atoms with van der Waals surface area (Å²) >= 11 is 0. The topological polar surface area (TPSA) is 40.6 Å². The molecule has 4 nitrogen and oxygen atoms in total. The molecule has 0 aliphatic carbocycles. The summed E-state index contributed by atoms with van der Waals surface area (Å²) in [6.45, 7) is 1.05. The Morgan fingerprint density at radius 3 is 2.00 bits per heavy atom. The zero-order chi connectivity index (χ0) is 19.4. The van der Waals surface area contributed by atoms with Crippen LogP contribution in [-0.2, 0) is 17.4 Å². The van der Waals surface area contributed by atoms with Gasteiger partial charge in [-0.05, 0) is 17.7 Å². The molecule has 1 aliphatic heterocycles. The fourth-order valence-corrected chi connectivity index (χ4v) is 3.13. The fourth-order valence-electron chi connectivity index (χ4n) is 3.13. The Labute approximate surface area is 155 Å². The summed E-state index contributed by atoms with van der Waals surface area (Å²) in [6, 6.07) is 14.1. The highest BCUT2D eigenvalue weighted by Gasteiger charge is 2.36. The summed E-state index contributed by atoms with van der Waals surface area (Å²) in [5.41, 5.74) is -0.383. The van der Waals surface area contributed by atoms with Crippen molar-refractivity contribution in [3.63, 3.8) is 0 Å². The minimum atomic E-state index is -4.58. The van der Waals surface area contributed by atoms with Crippen molar-refractivity contribution in [1.82, 2.24) is 9.80 Å². The smallest absolute Gasteiger partial charge is 0.339 e. The Bertz CT molecular complexity index is 813. The third-order valence-corrected chi connectivity index (χ3v) is 4.58. The van der Waals surface area contributed by atoms with Crippen LogP contribution < -0.4 is 0 Å². The first-order valence-electron chi connectivity index (χ1n) is 8.63. The van der Waals surface area contributed by atoms with E-state index in [-0.39, 0.29) is 31.0 Å². The standard InChI is InChI=1S/C20H19F3N2O2/c21-20(22,23)17-9-5-4-8-16(17)19(27)25-12-10-24(11-13-25)18(26)14-15-6-2-1-3-7-15/h1-9H,10-14H2. The van der Waals surface area contributed by atoms with E-state index in [1.54, 1.807) is 4.90 Å². The van der Waals surface area contributed by atoms with Crippen molar-refractivity contribution < 1.29 is 22.8 Å². The maximum atomic E-state index is 13.1. The van der Waals surface area contributed by atoms with Crippen molar-refractivity contribution in [1.29, 1.82) is 0 Å². The summed E-state index contributed by atoms with van der Waals surface area (Å²) in [4.78, 5) is 27.9. The number of alkyl halides is 3. The Hall–Kier alpha value is -2.83. The van der Waals surface area contributed by atoms with E-state index in [0.717, 1.165) is 11.6 Å². The van der Waals surface area contributed by atoms with Gasteiger partial charge in [0, 0.05) is 26.2 Å². The van der Waals surface area contributed by atoms with Crippen LogP contribution in [0.5, 0.6) is 0 Å². The van der Waals surface area contributed by atoms with Gasteiger partial charge >= 0.3 is 6.18 Å². The maximum absolute atomic E-state index is 13.1. The van der Waals surface area contributed by atoms with Gasteiger partial charge in [-0.3, -0.25) is 9.59 Å². The molecule has 7 heteroatoms. The maximum Gasteiger partial charge on any atom is 0.417 e. The largest absolute Gasteiger partial charge is 0.417 e. The second-order valence-electron chi connectivity index (χ2n) is 6.38. The van der Waals surface area contributed by atoms with Crippen molar-refractivity contribution in [3.8, 4) is 0 Å². The van der Waals surface area contributed by atoms with Crippen LogP contribution >= 0.6 is 0 Å². The predicted octanol–water partition coefficient (Wildman–Crippen LogP) is 3.23. The third kappa shape index (κ3) is 4.48. The Morgan fingerprint density at radius 2 is 1.37 bits per heavy atom. The van der Waals surface area contributed by atoms with E-state index in [4.69, 9.17) is 0 Å². The molecule has 27 heavy (non-hydrogen) atoms. The number of hydrogen-bond acceptors (Lipinski definition) is 2. The van der Waals surface area contributed by atoms with Gasteiger partial charge in [0.2, 0.25) is 5.91 Å². The molecule has 0 radical (unpaired) electrons. The molecule has 0 saturated carbocycles. The lowest BCUT2D eigenvalue weighted by Gasteiger charge is -2.35. The van der Waals surface area contributed by atoms with Crippen LogP contribution in [0.25, 0.3) is 0 Å². The zero-order valence-electron chi connectivity index (χ0n) is 14.6. The van der Waals surface area contributed by atoms with Crippen LogP contribution in [0.2, 0.25) is 0 Å². The molecule has 0 bridgehead atoms. The van der Waals surface area contributed by atoms with Crippen LogP contribution in [0.4, 0.5) is 13.2 Å². The average molecular weight is 376 g/mol. The van der Waals surface area contributed by atoms with E-state index in [2.05, 4.69) is 0 Å². The molecule has 1 aliphatic rings. The van der Waals surface area contributed by atoms with E-state index in [1.165, 1.54) is 23.1 Å². The predicted molar refractivity (Wildman–Crippen MR) is 94.1 cm³/mol. The molecule has 2 amide bonds. The van der Waals surface area contributed by atoms with E-state index >= 15 is 0 Å².